The standard InChI is InChI=1S/C36H44N2O6S.Li.H/c1-24-11-9-10-14-27(24)29-23-25(15-16-28(29)32(39)38-30(33(40)41)17-22-45-5)31(34(42)44-35(2,3)4)43-36(18-20-37-21-19-36)26-12-7-6-8-13-26;;/h6-16,23,30-31,37H,17-22H2,1-5H3,(H,38,39)(H,40,41);;/q;+1;-1. The summed E-state index contributed by atoms with van der Waals surface area (Å²) in [6, 6.07) is 21.8. The molecule has 3 aromatic carbocycles. The molecule has 2 atom stereocenters. The maximum atomic E-state index is 14.0. The zero-order valence-corrected chi connectivity index (χ0v) is 28.5. The van der Waals surface area contributed by atoms with Crippen LogP contribution in [-0.4, -0.2) is 59.7 Å². The largest absolute Gasteiger partial charge is 1.00 e. The first-order valence-electron chi connectivity index (χ1n) is 15.3. The molecule has 3 aromatic rings. The van der Waals surface area contributed by atoms with E-state index in [4.69, 9.17) is 9.47 Å². The van der Waals surface area contributed by atoms with Gasteiger partial charge in [-0.05, 0) is 112 Å². The first-order valence-corrected chi connectivity index (χ1v) is 16.7. The van der Waals surface area contributed by atoms with Gasteiger partial charge in [-0.15, -0.1) is 0 Å². The Hall–Kier alpha value is -3.06. The maximum absolute atomic E-state index is 14.0. The summed E-state index contributed by atoms with van der Waals surface area (Å²) >= 11 is 1.52. The second kappa shape index (κ2) is 16.7. The summed E-state index contributed by atoms with van der Waals surface area (Å²) in [7, 11) is 0. The molecule has 242 valence electrons. The molecule has 0 spiro atoms. The summed E-state index contributed by atoms with van der Waals surface area (Å²) in [6.45, 7) is 8.86. The molecule has 3 N–H and O–H groups in total. The molecule has 10 heteroatoms. The molecule has 4 rings (SSSR count). The van der Waals surface area contributed by atoms with Crippen LogP contribution >= 0.6 is 11.8 Å². The van der Waals surface area contributed by atoms with E-state index in [0.29, 0.717) is 41.7 Å². The first-order chi connectivity index (χ1) is 21.4. The monoisotopic (exact) mass is 640 g/mol. The van der Waals surface area contributed by atoms with E-state index in [-0.39, 0.29) is 20.3 Å². The number of benzene rings is 3. The summed E-state index contributed by atoms with van der Waals surface area (Å²) in [5, 5.41) is 15.9. The fraction of sp³-hybridized carbons (Fsp3) is 0.417. The van der Waals surface area contributed by atoms with Crippen LogP contribution in [0.2, 0.25) is 0 Å². The fourth-order valence-corrected chi connectivity index (χ4v) is 6.10. The number of rotatable bonds is 12. The number of piperidine rings is 1. The van der Waals surface area contributed by atoms with E-state index in [2.05, 4.69) is 10.6 Å². The number of amides is 1. The van der Waals surface area contributed by atoms with E-state index in [1.165, 1.54) is 11.8 Å². The normalized spacial score (nSPS) is 15.6. The van der Waals surface area contributed by atoms with Crippen molar-refractivity contribution in [2.45, 2.75) is 70.3 Å². The predicted molar refractivity (Wildman–Crippen MR) is 180 cm³/mol. The molecule has 2 unspecified atom stereocenters. The number of ether oxygens (including phenoxy) is 2. The molecular formula is C36H45LiN2O6S. The van der Waals surface area contributed by atoms with Crippen LogP contribution in [0.5, 0.6) is 0 Å². The van der Waals surface area contributed by atoms with Crippen molar-refractivity contribution in [1.82, 2.24) is 10.6 Å². The number of carbonyl (C=O) groups excluding carboxylic acids is 2. The second-order valence-corrected chi connectivity index (χ2v) is 13.4. The van der Waals surface area contributed by atoms with Crippen molar-refractivity contribution in [2.75, 3.05) is 25.1 Å². The molecule has 1 aliphatic heterocycles. The second-order valence-electron chi connectivity index (χ2n) is 12.4. The number of hydrogen-bond acceptors (Lipinski definition) is 7. The number of carboxylic acids is 1. The third-order valence-electron chi connectivity index (χ3n) is 7.92. The van der Waals surface area contributed by atoms with Gasteiger partial charge in [0.1, 0.15) is 11.6 Å². The van der Waals surface area contributed by atoms with E-state index in [9.17, 15) is 19.5 Å². The maximum Gasteiger partial charge on any atom is 1.00 e. The Bertz CT molecular complexity index is 1490. The van der Waals surface area contributed by atoms with Crippen LogP contribution in [0.3, 0.4) is 0 Å². The molecule has 0 radical (unpaired) electrons. The molecule has 1 fully saturated rings. The molecule has 1 aliphatic rings. The van der Waals surface area contributed by atoms with Crippen LogP contribution in [-0.2, 0) is 24.7 Å². The predicted octanol–water partition coefficient (Wildman–Crippen LogP) is 3.39. The van der Waals surface area contributed by atoms with Crippen molar-refractivity contribution in [3.05, 3.63) is 95.1 Å². The van der Waals surface area contributed by atoms with Gasteiger partial charge in [-0.2, -0.15) is 11.8 Å². The molecule has 0 saturated carbocycles. The Morgan fingerprint density at radius 2 is 1.65 bits per heavy atom. The number of aliphatic carboxylic acids is 1. The Morgan fingerprint density at radius 1 is 1.00 bits per heavy atom. The third kappa shape index (κ3) is 9.49. The Kier molecular flexibility index (Phi) is 13.5. The van der Waals surface area contributed by atoms with E-state index in [0.717, 1.165) is 29.8 Å². The smallest absolute Gasteiger partial charge is 1.00 e. The quantitative estimate of drug-likeness (QED) is 0.204. The van der Waals surface area contributed by atoms with Crippen molar-refractivity contribution >= 4 is 29.6 Å². The Balaban J connectivity index is 0.00000384. The number of carboxylic acid groups (broad SMARTS) is 1. The van der Waals surface area contributed by atoms with Gasteiger partial charge in [-0.3, -0.25) is 4.79 Å². The molecule has 1 amide bonds. The van der Waals surface area contributed by atoms with Gasteiger partial charge < -0.3 is 26.6 Å². The summed E-state index contributed by atoms with van der Waals surface area (Å²) in [5.41, 5.74) is 2.65. The average molecular weight is 641 g/mol. The molecule has 1 saturated heterocycles. The van der Waals surface area contributed by atoms with E-state index in [1.807, 2.05) is 94.6 Å². The van der Waals surface area contributed by atoms with Crippen molar-refractivity contribution in [1.29, 1.82) is 0 Å². The minimum Gasteiger partial charge on any atom is -1.00 e. The van der Waals surface area contributed by atoms with Crippen LogP contribution < -0.4 is 29.5 Å². The van der Waals surface area contributed by atoms with Gasteiger partial charge in [0.15, 0.2) is 6.10 Å². The van der Waals surface area contributed by atoms with Gasteiger partial charge in [0.05, 0.1) is 5.60 Å². The summed E-state index contributed by atoms with van der Waals surface area (Å²) in [4.78, 5) is 39.6. The van der Waals surface area contributed by atoms with Gasteiger partial charge in [-0.1, -0.05) is 60.7 Å². The summed E-state index contributed by atoms with van der Waals surface area (Å²) in [5.74, 6) is -1.51. The Labute approximate surface area is 290 Å². The topological polar surface area (TPSA) is 114 Å². The van der Waals surface area contributed by atoms with Crippen LogP contribution in [0.1, 0.15) is 74.6 Å². The van der Waals surface area contributed by atoms with Crippen molar-refractivity contribution in [2.24, 2.45) is 0 Å². The third-order valence-corrected chi connectivity index (χ3v) is 8.56. The van der Waals surface area contributed by atoms with Crippen LogP contribution in [0.15, 0.2) is 72.8 Å². The molecule has 8 nitrogen and oxygen atoms in total. The molecule has 1 heterocycles. The minimum atomic E-state index is -1.09. The Morgan fingerprint density at radius 3 is 2.26 bits per heavy atom. The van der Waals surface area contributed by atoms with Crippen molar-refractivity contribution in [3.63, 3.8) is 0 Å². The average Bonchev–Trinajstić information content (AvgIpc) is 3.01. The van der Waals surface area contributed by atoms with Crippen molar-refractivity contribution < 1.29 is 49.3 Å². The number of aryl methyl sites for hydroxylation is 1. The number of hydrogen-bond donors (Lipinski definition) is 3. The summed E-state index contributed by atoms with van der Waals surface area (Å²) in [6.07, 6.45) is 2.42. The fourth-order valence-electron chi connectivity index (χ4n) is 5.63. The molecule has 46 heavy (non-hydrogen) atoms. The van der Waals surface area contributed by atoms with Crippen LogP contribution in [0.4, 0.5) is 0 Å². The molecule has 0 aromatic heterocycles. The molecule has 0 aliphatic carbocycles. The van der Waals surface area contributed by atoms with Gasteiger partial charge >= 0.3 is 30.8 Å². The van der Waals surface area contributed by atoms with Gasteiger partial charge in [0.25, 0.3) is 5.91 Å². The molecular weight excluding hydrogens is 595 g/mol. The first kappa shape index (κ1) is 37.4. The number of nitrogens with one attached hydrogen (secondary N) is 2. The van der Waals surface area contributed by atoms with Crippen LogP contribution in [0.25, 0.3) is 11.1 Å². The SMILES string of the molecule is CSCCC(NC(=O)c1ccc(C(OC2(c3ccccc3)CCNCC2)C(=O)OC(C)(C)C)cc1-c1ccccc1C)C(=O)O.[H-].[Li+]. The molecule has 0 bridgehead atoms. The van der Waals surface area contributed by atoms with Gasteiger partial charge in [0.2, 0.25) is 0 Å². The van der Waals surface area contributed by atoms with Gasteiger partial charge in [0, 0.05) is 5.56 Å². The van der Waals surface area contributed by atoms with E-state index < -0.39 is 41.2 Å². The summed E-state index contributed by atoms with van der Waals surface area (Å²) < 4.78 is 12.8. The zero-order chi connectivity index (χ0) is 32.6. The van der Waals surface area contributed by atoms with Crippen molar-refractivity contribution in [3.8, 4) is 11.1 Å². The van der Waals surface area contributed by atoms with Gasteiger partial charge in [-0.25, -0.2) is 9.59 Å². The number of carbonyl (C=O) groups is 3. The van der Waals surface area contributed by atoms with E-state index >= 15 is 0 Å². The number of thioether (sulfide) groups is 1. The minimum absolute atomic E-state index is 0. The van der Waals surface area contributed by atoms with Crippen LogP contribution in [0, 0.1) is 6.92 Å². The van der Waals surface area contributed by atoms with E-state index in [1.54, 1.807) is 12.1 Å². The number of esters is 1. The zero-order valence-electron chi connectivity index (χ0n) is 28.7.